The van der Waals surface area contributed by atoms with Crippen LogP contribution in [0.5, 0.6) is 0 Å². The van der Waals surface area contributed by atoms with Crippen LogP contribution in [0.2, 0.25) is 5.15 Å². The molecule has 21 heavy (non-hydrogen) atoms. The number of nitrogens with zero attached hydrogens (tertiary/aromatic N) is 2. The lowest BCUT2D eigenvalue weighted by molar-refractivity contribution is 0.0695. The summed E-state index contributed by atoms with van der Waals surface area (Å²) in [5.74, 6) is -0.791. The summed E-state index contributed by atoms with van der Waals surface area (Å²) in [6.45, 7) is 2.00. The summed E-state index contributed by atoms with van der Waals surface area (Å²) in [7, 11) is 0. The second-order valence-electron chi connectivity index (χ2n) is 5.58. The van der Waals surface area contributed by atoms with Crippen molar-refractivity contribution in [3.63, 3.8) is 0 Å². The van der Waals surface area contributed by atoms with Crippen LogP contribution in [-0.2, 0) is 0 Å². The first-order valence-corrected chi connectivity index (χ1v) is 7.54. The third-order valence-electron chi connectivity index (χ3n) is 4.09. The van der Waals surface area contributed by atoms with Crippen molar-refractivity contribution in [3.8, 4) is 5.69 Å². The van der Waals surface area contributed by atoms with Gasteiger partial charge < -0.3 is 5.11 Å². The Morgan fingerprint density at radius 2 is 1.90 bits per heavy atom. The van der Waals surface area contributed by atoms with Gasteiger partial charge in [-0.3, -0.25) is 0 Å². The van der Waals surface area contributed by atoms with E-state index in [1.807, 2.05) is 31.2 Å². The van der Waals surface area contributed by atoms with Gasteiger partial charge in [-0.25, -0.2) is 9.48 Å². The number of hydrogen-bond acceptors (Lipinski definition) is 2. The number of aryl methyl sites for hydroxylation is 1. The number of hydrogen-bond donors (Lipinski definition) is 1. The Hall–Kier alpha value is -1.81. The Labute approximate surface area is 128 Å². The van der Waals surface area contributed by atoms with Crippen LogP contribution in [-0.4, -0.2) is 20.9 Å². The van der Waals surface area contributed by atoms with E-state index in [1.165, 1.54) is 4.68 Å². The molecule has 1 N–H and O–H groups in total. The summed E-state index contributed by atoms with van der Waals surface area (Å²) < 4.78 is 1.54. The maximum atomic E-state index is 11.6. The molecule has 3 rings (SSSR count). The third kappa shape index (κ3) is 2.56. The van der Waals surface area contributed by atoms with Crippen LogP contribution in [0.15, 0.2) is 24.3 Å². The van der Waals surface area contributed by atoms with E-state index in [2.05, 4.69) is 5.10 Å². The largest absolute Gasteiger partial charge is 0.478 e. The van der Waals surface area contributed by atoms with Crippen LogP contribution in [0.4, 0.5) is 0 Å². The van der Waals surface area contributed by atoms with E-state index in [-0.39, 0.29) is 16.6 Å². The number of halogens is 1. The smallest absolute Gasteiger partial charge is 0.340 e. The average molecular weight is 305 g/mol. The van der Waals surface area contributed by atoms with Crippen LogP contribution in [0, 0.1) is 6.92 Å². The van der Waals surface area contributed by atoms with Gasteiger partial charge in [-0.15, -0.1) is 0 Å². The molecular weight excluding hydrogens is 288 g/mol. The normalized spacial score (nSPS) is 15.5. The second-order valence-corrected chi connectivity index (χ2v) is 5.94. The topological polar surface area (TPSA) is 55.1 Å². The van der Waals surface area contributed by atoms with Gasteiger partial charge in [0.05, 0.1) is 11.4 Å². The van der Waals surface area contributed by atoms with Gasteiger partial charge >= 0.3 is 5.97 Å². The third-order valence-corrected chi connectivity index (χ3v) is 4.44. The summed E-state index contributed by atoms with van der Waals surface area (Å²) in [5.41, 5.74) is 2.71. The molecule has 0 atom stereocenters. The lowest BCUT2D eigenvalue weighted by Gasteiger charge is -2.06. The molecule has 1 aliphatic rings. The molecule has 0 bridgehead atoms. The van der Waals surface area contributed by atoms with Crippen molar-refractivity contribution in [2.24, 2.45) is 0 Å². The Kier molecular flexibility index (Phi) is 3.72. The minimum absolute atomic E-state index is 0.157. The zero-order valence-electron chi connectivity index (χ0n) is 11.8. The molecule has 1 aromatic heterocycles. The highest BCUT2D eigenvalue weighted by Gasteiger charge is 2.30. The number of carbonyl (C=O) groups is 1. The van der Waals surface area contributed by atoms with Gasteiger partial charge in [0.15, 0.2) is 0 Å². The van der Waals surface area contributed by atoms with Gasteiger partial charge in [0.1, 0.15) is 10.7 Å². The molecule has 0 aliphatic heterocycles. The van der Waals surface area contributed by atoms with Crippen molar-refractivity contribution >= 4 is 17.6 Å². The van der Waals surface area contributed by atoms with E-state index in [0.29, 0.717) is 5.69 Å². The number of benzene rings is 1. The number of carboxylic acid groups (broad SMARTS) is 1. The first kappa shape index (κ1) is 14.1. The van der Waals surface area contributed by atoms with Crippen molar-refractivity contribution in [2.45, 2.75) is 38.5 Å². The van der Waals surface area contributed by atoms with Gasteiger partial charge in [-0.1, -0.05) is 42.1 Å². The fraction of sp³-hybridized carbons (Fsp3) is 0.375. The summed E-state index contributed by atoms with van der Waals surface area (Å²) in [5, 5.41) is 14.2. The standard InChI is InChI=1S/C16H17ClN2O2/c1-10-6-8-12(9-7-10)19-15(17)13(16(20)21)14(18-19)11-4-2-3-5-11/h6-9,11H,2-5H2,1H3,(H,20,21). The molecule has 0 amide bonds. The Morgan fingerprint density at radius 1 is 1.29 bits per heavy atom. The molecular formula is C16H17ClN2O2. The Bertz CT molecular complexity index is 670. The molecule has 1 heterocycles. The Morgan fingerprint density at radius 3 is 2.48 bits per heavy atom. The maximum Gasteiger partial charge on any atom is 0.340 e. The van der Waals surface area contributed by atoms with Gasteiger partial charge in [-0.2, -0.15) is 5.10 Å². The molecule has 0 saturated heterocycles. The summed E-state index contributed by atoms with van der Waals surface area (Å²) in [4.78, 5) is 11.6. The number of aromatic carboxylic acids is 1. The van der Waals surface area contributed by atoms with E-state index in [4.69, 9.17) is 11.6 Å². The van der Waals surface area contributed by atoms with Gasteiger partial charge in [0.2, 0.25) is 0 Å². The molecule has 1 aromatic carbocycles. The lowest BCUT2D eigenvalue weighted by Crippen LogP contribution is -2.04. The van der Waals surface area contributed by atoms with Gasteiger partial charge in [-0.05, 0) is 31.9 Å². The van der Waals surface area contributed by atoms with Crippen LogP contribution < -0.4 is 0 Å². The monoisotopic (exact) mass is 304 g/mol. The van der Waals surface area contributed by atoms with Gasteiger partial charge in [0, 0.05) is 5.92 Å². The molecule has 0 unspecified atom stereocenters. The van der Waals surface area contributed by atoms with Crippen molar-refractivity contribution in [2.75, 3.05) is 0 Å². The van der Waals surface area contributed by atoms with Crippen molar-refractivity contribution in [1.29, 1.82) is 0 Å². The fourth-order valence-electron chi connectivity index (χ4n) is 2.95. The number of rotatable bonds is 3. The van der Waals surface area contributed by atoms with Gasteiger partial charge in [0.25, 0.3) is 0 Å². The molecule has 4 nitrogen and oxygen atoms in total. The number of aromatic nitrogens is 2. The SMILES string of the molecule is Cc1ccc(-n2nc(C3CCCC3)c(C(=O)O)c2Cl)cc1. The zero-order chi connectivity index (χ0) is 15.0. The summed E-state index contributed by atoms with van der Waals surface area (Å²) in [6, 6.07) is 7.72. The minimum Gasteiger partial charge on any atom is -0.478 e. The van der Waals surface area contributed by atoms with Crippen LogP contribution in [0.25, 0.3) is 5.69 Å². The minimum atomic E-state index is -1.000. The predicted molar refractivity (Wildman–Crippen MR) is 81.5 cm³/mol. The van der Waals surface area contributed by atoms with Crippen molar-refractivity contribution in [1.82, 2.24) is 9.78 Å². The molecule has 5 heteroatoms. The molecule has 1 saturated carbocycles. The van der Waals surface area contributed by atoms with Crippen molar-refractivity contribution < 1.29 is 9.90 Å². The summed E-state index contributed by atoms with van der Waals surface area (Å²) >= 11 is 6.30. The van der Waals surface area contributed by atoms with E-state index in [9.17, 15) is 9.90 Å². The Balaban J connectivity index is 2.11. The molecule has 0 spiro atoms. The molecule has 1 aliphatic carbocycles. The highest BCUT2D eigenvalue weighted by molar-refractivity contribution is 6.33. The maximum absolute atomic E-state index is 11.6. The summed E-state index contributed by atoms with van der Waals surface area (Å²) in [6.07, 6.45) is 4.22. The van der Waals surface area contributed by atoms with Crippen LogP contribution in [0.1, 0.15) is 53.2 Å². The quantitative estimate of drug-likeness (QED) is 0.925. The first-order chi connectivity index (χ1) is 10.1. The van der Waals surface area contributed by atoms with Crippen LogP contribution in [0.3, 0.4) is 0 Å². The highest BCUT2D eigenvalue weighted by atomic mass is 35.5. The predicted octanol–water partition coefficient (Wildman–Crippen LogP) is 4.19. The lowest BCUT2D eigenvalue weighted by atomic mass is 10.0. The zero-order valence-corrected chi connectivity index (χ0v) is 12.6. The van der Waals surface area contributed by atoms with E-state index >= 15 is 0 Å². The highest BCUT2D eigenvalue weighted by Crippen LogP contribution is 2.38. The second kappa shape index (κ2) is 5.53. The van der Waals surface area contributed by atoms with E-state index < -0.39 is 5.97 Å². The molecule has 110 valence electrons. The number of carboxylic acids is 1. The molecule has 1 fully saturated rings. The van der Waals surface area contributed by atoms with Crippen LogP contribution >= 0.6 is 11.6 Å². The van der Waals surface area contributed by atoms with E-state index in [1.54, 1.807) is 0 Å². The van der Waals surface area contributed by atoms with E-state index in [0.717, 1.165) is 36.9 Å². The molecule has 0 radical (unpaired) electrons. The average Bonchev–Trinajstić information content (AvgIpc) is 3.07. The first-order valence-electron chi connectivity index (χ1n) is 7.16. The molecule has 2 aromatic rings. The fourth-order valence-corrected chi connectivity index (χ4v) is 3.27. The van der Waals surface area contributed by atoms with Crippen molar-refractivity contribution in [3.05, 3.63) is 46.2 Å².